The topological polar surface area (TPSA) is 104 Å². The van der Waals surface area contributed by atoms with E-state index in [1.807, 2.05) is 72.5 Å². The highest BCUT2D eigenvalue weighted by Crippen LogP contribution is 2.34. The Morgan fingerprint density at radius 1 is 0.717 bits per heavy atom. The van der Waals surface area contributed by atoms with E-state index in [4.69, 9.17) is 20.9 Å². The molecule has 1 fully saturated rings. The number of aromatic nitrogens is 3. The van der Waals surface area contributed by atoms with Crippen molar-refractivity contribution in [3.63, 3.8) is 0 Å². The van der Waals surface area contributed by atoms with Crippen LogP contribution in [0.1, 0.15) is 57.1 Å². The number of hydrogen-bond donors (Lipinski definition) is 2. The Kier molecular flexibility index (Phi) is 10.3. The predicted molar refractivity (Wildman–Crippen MR) is 188 cm³/mol. The van der Waals surface area contributed by atoms with E-state index in [0.717, 1.165) is 59.3 Å². The summed E-state index contributed by atoms with van der Waals surface area (Å²) in [7, 11) is 4.11. The summed E-state index contributed by atoms with van der Waals surface area (Å²) in [6, 6.07) is 25.8. The van der Waals surface area contributed by atoms with Gasteiger partial charge in [-0.2, -0.15) is 0 Å². The molecule has 1 saturated heterocycles. The van der Waals surface area contributed by atoms with Crippen molar-refractivity contribution in [1.82, 2.24) is 19.4 Å². The summed E-state index contributed by atoms with van der Waals surface area (Å²) >= 11 is 0. The highest BCUT2D eigenvalue weighted by molar-refractivity contribution is 5.68. The summed E-state index contributed by atoms with van der Waals surface area (Å²) in [6.45, 7) is 10.8. The average Bonchev–Trinajstić information content (AvgIpc) is 3.63. The van der Waals surface area contributed by atoms with Gasteiger partial charge < -0.3 is 30.4 Å². The average molecular weight is 619 g/mol. The molecule has 5 aromatic rings. The molecule has 0 saturated carbocycles. The van der Waals surface area contributed by atoms with E-state index < -0.39 is 0 Å². The van der Waals surface area contributed by atoms with Crippen LogP contribution in [0.25, 0.3) is 22.5 Å². The number of likely N-dealkylation sites (tertiary alicyclic amines) is 1. The van der Waals surface area contributed by atoms with Crippen LogP contribution >= 0.6 is 0 Å². The van der Waals surface area contributed by atoms with Gasteiger partial charge in [0.2, 0.25) is 0 Å². The number of ether oxygens (including phenoxy) is 2. The fourth-order valence-electron chi connectivity index (χ4n) is 5.70. The highest BCUT2D eigenvalue weighted by atomic mass is 16.5. The van der Waals surface area contributed by atoms with Gasteiger partial charge in [-0.3, -0.25) is 0 Å². The summed E-state index contributed by atoms with van der Waals surface area (Å²) in [6.07, 6.45) is 5.29. The Balaban J connectivity index is 0.000000181. The lowest BCUT2D eigenvalue weighted by Gasteiger charge is -2.18. The number of anilines is 2. The van der Waals surface area contributed by atoms with Crippen LogP contribution in [-0.4, -0.2) is 45.7 Å². The van der Waals surface area contributed by atoms with Gasteiger partial charge in [-0.25, -0.2) is 9.97 Å². The number of likely N-dealkylation sites (N-methyl/N-ethyl adjacent to an activating group) is 1. The second-order valence-electron chi connectivity index (χ2n) is 12.6. The van der Waals surface area contributed by atoms with Gasteiger partial charge in [0.1, 0.15) is 35.0 Å². The van der Waals surface area contributed by atoms with E-state index in [1.54, 1.807) is 6.07 Å². The van der Waals surface area contributed by atoms with Crippen molar-refractivity contribution in [3.05, 3.63) is 102 Å². The molecule has 6 rings (SSSR count). The van der Waals surface area contributed by atoms with Crippen LogP contribution in [-0.2, 0) is 7.05 Å². The molecule has 1 aliphatic heterocycles. The zero-order valence-electron chi connectivity index (χ0n) is 27.8. The maximum Gasteiger partial charge on any atom is 0.145 e. The molecular formula is C38H46N6O2. The molecule has 2 aromatic carbocycles. The first-order chi connectivity index (χ1) is 22.0. The fraction of sp³-hybridized carbons (Fsp3) is 0.316. The number of hydrogen-bond acceptors (Lipinski definition) is 7. The number of nitrogens with zero attached hydrogens (tertiary/aromatic N) is 4. The van der Waals surface area contributed by atoms with Gasteiger partial charge in [-0.05, 0) is 103 Å². The van der Waals surface area contributed by atoms with Gasteiger partial charge in [0.15, 0.2) is 0 Å². The zero-order valence-corrected chi connectivity index (χ0v) is 27.8. The van der Waals surface area contributed by atoms with Gasteiger partial charge in [0.25, 0.3) is 0 Å². The molecule has 1 unspecified atom stereocenters. The Morgan fingerprint density at radius 2 is 1.28 bits per heavy atom. The first kappa shape index (κ1) is 32.6. The molecule has 0 bridgehead atoms. The lowest BCUT2D eigenvalue weighted by atomic mass is 9.94. The SMILES string of the molecule is CC(C)c1cc(OC2CCN(C)C2)ccc1-c1cccc(N)n1.CC(C)c1cc(Oc2ccn(C)c2)ccc1-c1cccc(N)n1. The van der Waals surface area contributed by atoms with Gasteiger partial charge in [0, 0.05) is 43.7 Å². The van der Waals surface area contributed by atoms with E-state index in [2.05, 4.69) is 73.9 Å². The summed E-state index contributed by atoms with van der Waals surface area (Å²) in [5.41, 5.74) is 18.1. The molecule has 0 aliphatic carbocycles. The molecule has 1 aliphatic rings. The van der Waals surface area contributed by atoms with Crippen molar-refractivity contribution in [2.45, 2.75) is 52.1 Å². The van der Waals surface area contributed by atoms with Crippen molar-refractivity contribution in [2.24, 2.45) is 7.05 Å². The van der Waals surface area contributed by atoms with Gasteiger partial charge >= 0.3 is 0 Å². The predicted octanol–water partition coefficient (Wildman–Crippen LogP) is 8.12. The van der Waals surface area contributed by atoms with E-state index in [9.17, 15) is 0 Å². The molecular weight excluding hydrogens is 572 g/mol. The van der Waals surface area contributed by atoms with E-state index in [-0.39, 0.29) is 6.10 Å². The van der Waals surface area contributed by atoms with Crippen LogP contribution in [0.15, 0.2) is 91.3 Å². The minimum absolute atomic E-state index is 0.288. The van der Waals surface area contributed by atoms with Crippen molar-refractivity contribution in [3.8, 4) is 39.8 Å². The Morgan fingerprint density at radius 3 is 1.76 bits per heavy atom. The van der Waals surface area contributed by atoms with Gasteiger partial charge in [-0.1, -0.05) is 39.8 Å². The van der Waals surface area contributed by atoms with E-state index in [1.165, 1.54) is 11.1 Å². The quantitative estimate of drug-likeness (QED) is 0.181. The lowest BCUT2D eigenvalue weighted by Crippen LogP contribution is -2.21. The Hall–Kier alpha value is -4.82. The molecule has 1 atom stereocenters. The lowest BCUT2D eigenvalue weighted by molar-refractivity contribution is 0.208. The van der Waals surface area contributed by atoms with Crippen molar-refractivity contribution < 1.29 is 9.47 Å². The molecule has 8 heteroatoms. The summed E-state index contributed by atoms with van der Waals surface area (Å²) < 4.78 is 14.1. The third kappa shape index (κ3) is 8.25. The third-order valence-corrected chi connectivity index (χ3v) is 8.07. The molecule has 8 nitrogen and oxygen atoms in total. The number of nitrogens with two attached hydrogens (primary N) is 2. The van der Waals surface area contributed by atoms with Gasteiger partial charge in [0.05, 0.1) is 11.4 Å². The second-order valence-corrected chi connectivity index (χ2v) is 12.6. The Bertz CT molecular complexity index is 1760. The highest BCUT2D eigenvalue weighted by Gasteiger charge is 2.22. The number of aryl methyl sites for hydroxylation is 1. The minimum atomic E-state index is 0.288. The van der Waals surface area contributed by atoms with Crippen LogP contribution in [0, 0.1) is 0 Å². The number of nitrogen functional groups attached to an aromatic ring is 2. The van der Waals surface area contributed by atoms with E-state index >= 15 is 0 Å². The minimum Gasteiger partial charge on any atom is -0.489 e. The first-order valence-electron chi connectivity index (χ1n) is 15.9. The van der Waals surface area contributed by atoms with Crippen LogP contribution < -0.4 is 20.9 Å². The van der Waals surface area contributed by atoms with Crippen molar-refractivity contribution in [1.29, 1.82) is 0 Å². The molecule has 0 amide bonds. The summed E-state index contributed by atoms with van der Waals surface area (Å²) in [5, 5.41) is 0. The fourth-order valence-corrected chi connectivity index (χ4v) is 5.70. The smallest absolute Gasteiger partial charge is 0.145 e. The van der Waals surface area contributed by atoms with Crippen molar-refractivity contribution in [2.75, 3.05) is 31.6 Å². The second kappa shape index (κ2) is 14.5. The third-order valence-electron chi connectivity index (χ3n) is 8.07. The number of rotatable bonds is 8. The number of pyridine rings is 2. The normalized spacial score (nSPS) is 14.7. The largest absolute Gasteiger partial charge is 0.489 e. The Labute approximate surface area is 273 Å². The van der Waals surface area contributed by atoms with Crippen LogP contribution in [0.5, 0.6) is 17.2 Å². The maximum atomic E-state index is 6.16. The van der Waals surface area contributed by atoms with E-state index in [0.29, 0.717) is 23.5 Å². The molecule has 0 radical (unpaired) electrons. The summed E-state index contributed by atoms with van der Waals surface area (Å²) in [5.74, 6) is 4.43. The van der Waals surface area contributed by atoms with Crippen LogP contribution in [0.4, 0.5) is 11.6 Å². The molecule has 4 heterocycles. The zero-order chi connectivity index (χ0) is 32.8. The molecule has 4 N–H and O–H groups in total. The standard InChI is InChI=1S/C19H25N3O.C19H21N3O/c2*1-13(2)17-11-14(23-15-9-10-22(3)12-15)7-8-16(17)18-5-4-6-19(20)21-18/h4-8,11,13,15H,9-10,12H2,1-3H3,(H2,20,21);4-13H,1-3H3,(H2,20,21). The molecule has 3 aromatic heterocycles. The van der Waals surface area contributed by atoms with Crippen LogP contribution in [0.3, 0.4) is 0 Å². The maximum absolute atomic E-state index is 6.16. The number of benzene rings is 2. The molecule has 46 heavy (non-hydrogen) atoms. The molecule has 240 valence electrons. The first-order valence-corrected chi connectivity index (χ1v) is 15.9. The van der Waals surface area contributed by atoms with Gasteiger partial charge in [-0.15, -0.1) is 0 Å². The summed E-state index contributed by atoms with van der Waals surface area (Å²) in [4.78, 5) is 11.2. The monoisotopic (exact) mass is 618 g/mol. The molecule has 0 spiro atoms. The van der Waals surface area contributed by atoms with Crippen molar-refractivity contribution >= 4 is 11.6 Å². The van der Waals surface area contributed by atoms with Crippen LogP contribution in [0.2, 0.25) is 0 Å².